The van der Waals surface area contributed by atoms with E-state index < -0.39 is 0 Å². The van der Waals surface area contributed by atoms with E-state index in [4.69, 9.17) is 11.6 Å². The summed E-state index contributed by atoms with van der Waals surface area (Å²) >= 11 is 11.8. The van der Waals surface area contributed by atoms with Gasteiger partial charge < -0.3 is 5.32 Å². The standard InChI is InChI=1S/C14H12BrClIN/c1-9-2-3-10(12(15)6-9)8-18-14-5-4-11(16)7-13(14)17/h2-7,18H,8H2,1H3. The highest BCUT2D eigenvalue weighted by molar-refractivity contribution is 14.1. The third kappa shape index (κ3) is 3.62. The number of anilines is 1. The summed E-state index contributed by atoms with van der Waals surface area (Å²) in [4.78, 5) is 0. The van der Waals surface area contributed by atoms with Gasteiger partial charge in [-0.05, 0) is 64.9 Å². The fourth-order valence-electron chi connectivity index (χ4n) is 1.62. The minimum Gasteiger partial charge on any atom is -0.380 e. The van der Waals surface area contributed by atoms with Crippen molar-refractivity contribution in [2.24, 2.45) is 0 Å². The molecule has 0 aromatic heterocycles. The van der Waals surface area contributed by atoms with Crippen molar-refractivity contribution in [2.75, 3.05) is 5.32 Å². The molecule has 0 atom stereocenters. The van der Waals surface area contributed by atoms with Crippen molar-refractivity contribution in [3.05, 3.63) is 60.6 Å². The van der Waals surface area contributed by atoms with Gasteiger partial charge in [0.25, 0.3) is 0 Å². The van der Waals surface area contributed by atoms with E-state index in [0.717, 1.165) is 25.3 Å². The van der Waals surface area contributed by atoms with Crippen LogP contribution >= 0.6 is 50.1 Å². The first kappa shape index (κ1) is 14.2. The molecule has 0 aliphatic rings. The van der Waals surface area contributed by atoms with Gasteiger partial charge in [0.2, 0.25) is 0 Å². The first-order valence-corrected chi connectivity index (χ1v) is 7.75. The van der Waals surface area contributed by atoms with Crippen LogP contribution in [0.4, 0.5) is 5.69 Å². The van der Waals surface area contributed by atoms with Crippen LogP contribution in [0.25, 0.3) is 0 Å². The van der Waals surface area contributed by atoms with Gasteiger partial charge in [0.15, 0.2) is 0 Å². The maximum atomic E-state index is 5.94. The molecule has 0 unspecified atom stereocenters. The van der Waals surface area contributed by atoms with Gasteiger partial charge >= 0.3 is 0 Å². The summed E-state index contributed by atoms with van der Waals surface area (Å²) in [6.45, 7) is 2.88. The predicted octanol–water partition coefficient (Wildman–Crippen LogP) is 5.63. The Balaban J connectivity index is 2.11. The summed E-state index contributed by atoms with van der Waals surface area (Å²) in [5.74, 6) is 0. The summed E-state index contributed by atoms with van der Waals surface area (Å²) in [7, 11) is 0. The van der Waals surface area contributed by atoms with Crippen LogP contribution in [0.5, 0.6) is 0 Å². The van der Waals surface area contributed by atoms with Crippen molar-refractivity contribution in [3.63, 3.8) is 0 Å². The maximum Gasteiger partial charge on any atom is 0.0479 e. The zero-order valence-corrected chi connectivity index (χ0v) is 14.3. The molecule has 18 heavy (non-hydrogen) atoms. The predicted molar refractivity (Wildman–Crippen MR) is 90.4 cm³/mol. The van der Waals surface area contributed by atoms with Crippen LogP contribution in [0.1, 0.15) is 11.1 Å². The van der Waals surface area contributed by atoms with Gasteiger partial charge in [-0.1, -0.05) is 39.7 Å². The fourth-order valence-corrected chi connectivity index (χ4v) is 3.31. The lowest BCUT2D eigenvalue weighted by atomic mass is 10.1. The van der Waals surface area contributed by atoms with Gasteiger partial charge in [0.05, 0.1) is 0 Å². The largest absolute Gasteiger partial charge is 0.380 e. The molecular weight excluding hydrogens is 424 g/mol. The van der Waals surface area contributed by atoms with Gasteiger partial charge in [-0.25, -0.2) is 0 Å². The lowest BCUT2D eigenvalue weighted by molar-refractivity contribution is 1.13. The van der Waals surface area contributed by atoms with Crippen LogP contribution in [0.15, 0.2) is 40.9 Å². The van der Waals surface area contributed by atoms with Gasteiger partial charge in [-0.3, -0.25) is 0 Å². The van der Waals surface area contributed by atoms with Crippen LogP contribution in [0, 0.1) is 10.5 Å². The van der Waals surface area contributed by atoms with Gasteiger partial charge in [0.1, 0.15) is 0 Å². The molecule has 0 amide bonds. The zero-order chi connectivity index (χ0) is 13.1. The molecule has 1 nitrogen and oxygen atoms in total. The number of nitrogens with one attached hydrogen (secondary N) is 1. The molecule has 2 aromatic rings. The minimum atomic E-state index is 0.765. The van der Waals surface area contributed by atoms with Crippen LogP contribution in [0.3, 0.4) is 0 Å². The molecule has 1 N–H and O–H groups in total. The highest BCUT2D eigenvalue weighted by atomic mass is 127. The molecule has 4 heteroatoms. The third-order valence-corrected chi connectivity index (χ3v) is 4.47. The second kappa shape index (κ2) is 6.26. The monoisotopic (exact) mass is 435 g/mol. The summed E-state index contributed by atoms with van der Waals surface area (Å²) in [6, 6.07) is 12.2. The molecule has 0 heterocycles. The van der Waals surface area contributed by atoms with Crippen molar-refractivity contribution in [3.8, 4) is 0 Å². The quantitative estimate of drug-likeness (QED) is 0.615. The number of halogens is 3. The van der Waals surface area contributed by atoms with E-state index in [1.807, 2.05) is 18.2 Å². The van der Waals surface area contributed by atoms with E-state index >= 15 is 0 Å². The lowest BCUT2D eigenvalue weighted by Gasteiger charge is -2.10. The number of hydrogen-bond donors (Lipinski definition) is 1. The molecule has 0 fully saturated rings. The van der Waals surface area contributed by atoms with E-state index in [1.54, 1.807) is 0 Å². The normalized spacial score (nSPS) is 10.4. The fraction of sp³-hybridized carbons (Fsp3) is 0.143. The van der Waals surface area contributed by atoms with Crippen molar-refractivity contribution in [1.29, 1.82) is 0 Å². The maximum absolute atomic E-state index is 5.94. The van der Waals surface area contributed by atoms with Gasteiger partial charge in [-0.2, -0.15) is 0 Å². The average Bonchev–Trinajstić information content (AvgIpc) is 2.30. The average molecular weight is 437 g/mol. The van der Waals surface area contributed by atoms with Crippen LogP contribution in [-0.4, -0.2) is 0 Å². The summed E-state index contributed by atoms with van der Waals surface area (Å²) in [5.41, 5.74) is 3.60. The molecule has 0 bridgehead atoms. The van der Waals surface area contributed by atoms with Crippen LogP contribution in [0.2, 0.25) is 5.02 Å². The van der Waals surface area contributed by atoms with E-state index in [2.05, 4.69) is 69.0 Å². The molecule has 94 valence electrons. The molecular formula is C14H12BrClIN. The molecule has 2 rings (SSSR count). The van der Waals surface area contributed by atoms with E-state index in [-0.39, 0.29) is 0 Å². The van der Waals surface area contributed by atoms with Crippen molar-refractivity contribution in [1.82, 2.24) is 0 Å². The minimum absolute atomic E-state index is 0.765. The number of aryl methyl sites for hydroxylation is 1. The lowest BCUT2D eigenvalue weighted by Crippen LogP contribution is -2.01. The molecule has 2 aromatic carbocycles. The Morgan fingerprint density at radius 1 is 1.22 bits per heavy atom. The zero-order valence-electron chi connectivity index (χ0n) is 9.81. The topological polar surface area (TPSA) is 12.0 Å². The number of benzene rings is 2. The molecule has 0 aliphatic heterocycles. The molecule has 0 radical (unpaired) electrons. The first-order valence-electron chi connectivity index (χ1n) is 5.50. The second-order valence-corrected chi connectivity index (χ2v) is 6.53. The summed E-state index contributed by atoms with van der Waals surface area (Å²) < 4.78 is 2.27. The van der Waals surface area contributed by atoms with Crippen molar-refractivity contribution >= 4 is 55.8 Å². The highest BCUT2D eigenvalue weighted by Crippen LogP contribution is 2.24. The van der Waals surface area contributed by atoms with Gasteiger partial charge in [0, 0.05) is 25.3 Å². The second-order valence-electron chi connectivity index (χ2n) is 4.07. The van der Waals surface area contributed by atoms with E-state index in [9.17, 15) is 0 Å². The van der Waals surface area contributed by atoms with Gasteiger partial charge in [-0.15, -0.1) is 0 Å². The Morgan fingerprint density at radius 2 is 2.00 bits per heavy atom. The Bertz CT molecular complexity index is 520. The molecule has 0 saturated carbocycles. The Hall–Kier alpha value is -0.260. The smallest absolute Gasteiger partial charge is 0.0479 e. The van der Waals surface area contributed by atoms with Crippen LogP contribution < -0.4 is 5.32 Å². The summed E-state index contributed by atoms with van der Waals surface area (Å²) in [6.07, 6.45) is 0. The third-order valence-electron chi connectivity index (χ3n) is 2.61. The Morgan fingerprint density at radius 3 is 2.67 bits per heavy atom. The number of hydrogen-bond acceptors (Lipinski definition) is 1. The Labute approximate surface area is 134 Å². The first-order chi connectivity index (χ1) is 8.56. The SMILES string of the molecule is Cc1ccc(CNc2ccc(Cl)cc2I)c(Br)c1. The van der Waals surface area contributed by atoms with E-state index in [1.165, 1.54) is 11.1 Å². The molecule has 0 aliphatic carbocycles. The highest BCUT2D eigenvalue weighted by Gasteiger charge is 2.03. The summed E-state index contributed by atoms with van der Waals surface area (Å²) in [5, 5.41) is 4.19. The van der Waals surface area contributed by atoms with E-state index in [0.29, 0.717) is 0 Å². The Kier molecular flexibility index (Phi) is 4.92. The number of rotatable bonds is 3. The molecule has 0 saturated heterocycles. The van der Waals surface area contributed by atoms with Crippen molar-refractivity contribution < 1.29 is 0 Å². The van der Waals surface area contributed by atoms with Crippen LogP contribution in [-0.2, 0) is 6.54 Å². The molecule has 0 spiro atoms. The van der Waals surface area contributed by atoms with Crippen molar-refractivity contribution in [2.45, 2.75) is 13.5 Å².